The van der Waals surface area contributed by atoms with Gasteiger partial charge in [0, 0.05) is 5.56 Å². The van der Waals surface area contributed by atoms with Crippen molar-refractivity contribution in [2.24, 2.45) is 5.10 Å². The van der Waals surface area contributed by atoms with Crippen LogP contribution in [0.2, 0.25) is 0 Å². The summed E-state index contributed by atoms with van der Waals surface area (Å²) in [5.41, 5.74) is 0.809. The second kappa shape index (κ2) is 5.85. The lowest BCUT2D eigenvalue weighted by molar-refractivity contribution is 0.324. The molecule has 7 nitrogen and oxygen atoms in total. The zero-order chi connectivity index (χ0) is 13.7. The van der Waals surface area contributed by atoms with Gasteiger partial charge in [0.25, 0.3) is 0 Å². The Hall–Kier alpha value is -2.57. The first-order valence-corrected chi connectivity index (χ1v) is 5.47. The smallest absolute Gasteiger partial charge is 0.203 e. The van der Waals surface area contributed by atoms with E-state index in [-0.39, 0.29) is 0 Å². The van der Waals surface area contributed by atoms with Crippen molar-refractivity contribution in [3.8, 4) is 17.2 Å². The molecule has 0 aliphatic carbocycles. The molecule has 0 radical (unpaired) electrons. The fraction of sp³-hybridized carbons (Fsp3) is 0.250. The third kappa shape index (κ3) is 2.82. The minimum absolute atomic E-state index is 0.548. The molecular formula is C12H14N4O3. The molecule has 1 heterocycles. The summed E-state index contributed by atoms with van der Waals surface area (Å²) >= 11 is 0. The van der Waals surface area contributed by atoms with E-state index in [4.69, 9.17) is 14.2 Å². The summed E-state index contributed by atoms with van der Waals surface area (Å²) in [5, 5.41) is 11.5. The topological polar surface area (TPSA) is 70.8 Å². The van der Waals surface area contributed by atoms with Crippen LogP contribution in [0.3, 0.4) is 0 Å². The molecule has 0 saturated heterocycles. The molecule has 1 aromatic heterocycles. The maximum atomic E-state index is 5.26. The third-order valence-corrected chi connectivity index (χ3v) is 2.43. The first kappa shape index (κ1) is 12.9. The molecule has 2 aromatic rings. The standard InChI is InChI=1S/C12H14N4O3/c1-17-10-4-9(5-11(18-2)12(10)19-3)6-15-16-7-13-14-8-16/h4-8H,1-3H3/b15-6-. The first-order chi connectivity index (χ1) is 9.28. The summed E-state index contributed by atoms with van der Waals surface area (Å²) < 4.78 is 17.2. The highest BCUT2D eigenvalue weighted by Crippen LogP contribution is 2.37. The lowest BCUT2D eigenvalue weighted by Gasteiger charge is -2.12. The van der Waals surface area contributed by atoms with Crippen LogP contribution in [-0.4, -0.2) is 42.4 Å². The van der Waals surface area contributed by atoms with Crippen molar-refractivity contribution in [3.05, 3.63) is 30.4 Å². The van der Waals surface area contributed by atoms with Crippen LogP contribution in [0, 0.1) is 0 Å². The van der Waals surface area contributed by atoms with Gasteiger partial charge in [0.15, 0.2) is 11.5 Å². The molecule has 0 amide bonds. The molecule has 2 rings (SSSR count). The third-order valence-electron chi connectivity index (χ3n) is 2.43. The maximum Gasteiger partial charge on any atom is 0.203 e. The number of hydrogen-bond acceptors (Lipinski definition) is 6. The van der Waals surface area contributed by atoms with Gasteiger partial charge in [0.05, 0.1) is 27.5 Å². The van der Waals surface area contributed by atoms with Crippen molar-refractivity contribution < 1.29 is 14.2 Å². The fourth-order valence-electron chi connectivity index (χ4n) is 1.56. The SMILES string of the molecule is COc1cc(/C=N\n2cnnc2)cc(OC)c1OC. The highest BCUT2D eigenvalue weighted by molar-refractivity contribution is 5.82. The van der Waals surface area contributed by atoms with E-state index in [1.165, 1.54) is 17.3 Å². The fourth-order valence-corrected chi connectivity index (χ4v) is 1.56. The highest BCUT2D eigenvalue weighted by atomic mass is 16.5. The lowest BCUT2D eigenvalue weighted by Crippen LogP contribution is -1.97. The second-order valence-corrected chi connectivity index (χ2v) is 3.55. The van der Waals surface area contributed by atoms with Gasteiger partial charge in [-0.3, -0.25) is 0 Å². The van der Waals surface area contributed by atoms with Gasteiger partial charge in [-0.25, -0.2) is 4.68 Å². The van der Waals surface area contributed by atoms with E-state index in [0.717, 1.165) is 5.56 Å². The van der Waals surface area contributed by atoms with Crippen LogP contribution in [-0.2, 0) is 0 Å². The molecule has 0 spiro atoms. The van der Waals surface area contributed by atoms with Gasteiger partial charge >= 0.3 is 0 Å². The Balaban J connectivity index is 2.36. The van der Waals surface area contributed by atoms with Crippen molar-refractivity contribution >= 4 is 6.21 Å². The van der Waals surface area contributed by atoms with Crippen LogP contribution in [0.4, 0.5) is 0 Å². The summed E-state index contributed by atoms with van der Waals surface area (Å²) in [5.74, 6) is 1.70. The van der Waals surface area contributed by atoms with E-state index in [2.05, 4.69) is 15.3 Å². The predicted octanol–water partition coefficient (Wildman–Crippen LogP) is 1.19. The van der Waals surface area contributed by atoms with E-state index in [1.54, 1.807) is 39.7 Å². The largest absolute Gasteiger partial charge is 0.493 e. The molecule has 19 heavy (non-hydrogen) atoms. The number of hydrogen-bond donors (Lipinski definition) is 0. The molecule has 1 aromatic carbocycles. The Kier molecular flexibility index (Phi) is 3.97. The van der Waals surface area contributed by atoms with E-state index >= 15 is 0 Å². The van der Waals surface area contributed by atoms with Crippen LogP contribution in [0.15, 0.2) is 29.9 Å². The normalized spacial score (nSPS) is 10.7. The molecule has 0 aliphatic heterocycles. The van der Waals surface area contributed by atoms with Crippen molar-refractivity contribution in [1.82, 2.24) is 14.9 Å². The van der Waals surface area contributed by atoms with Crippen molar-refractivity contribution in [2.45, 2.75) is 0 Å². The Morgan fingerprint density at radius 2 is 1.58 bits per heavy atom. The molecule has 0 aliphatic rings. The number of methoxy groups -OCH3 is 3. The zero-order valence-electron chi connectivity index (χ0n) is 10.9. The average molecular weight is 262 g/mol. The number of ether oxygens (including phenoxy) is 3. The van der Waals surface area contributed by atoms with Crippen molar-refractivity contribution in [3.63, 3.8) is 0 Å². The maximum absolute atomic E-state index is 5.26. The zero-order valence-corrected chi connectivity index (χ0v) is 10.9. The Morgan fingerprint density at radius 1 is 1.00 bits per heavy atom. The molecule has 7 heteroatoms. The average Bonchev–Trinajstić information content (AvgIpc) is 2.97. The van der Waals surface area contributed by atoms with E-state index < -0.39 is 0 Å². The highest BCUT2D eigenvalue weighted by Gasteiger charge is 2.12. The van der Waals surface area contributed by atoms with Crippen LogP contribution in [0.25, 0.3) is 0 Å². The molecule has 0 fully saturated rings. The Bertz CT molecular complexity index is 541. The van der Waals surface area contributed by atoms with Crippen LogP contribution >= 0.6 is 0 Å². The quantitative estimate of drug-likeness (QED) is 0.757. The Morgan fingerprint density at radius 3 is 2.05 bits per heavy atom. The number of rotatable bonds is 5. The van der Waals surface area contributed by atoms with Gasteiger partial charge in [-0.05, 0) is 12.1 Å². The summed E-state index contributed by atoms with van der Waals surface area (Å²) in [6, 6.07) is 3.60. The molecule has 0 unspecified atom stereocenters. The summed E-state index contributed by atoms with van der Waals surface area (Å²) in [7, 11) is 4.70. The molecule has 100 valence electrons. The second-order valence-electron chi connectivity index (χ2n) is 3.55. The van der Waals surface area contributed by atoms with Gasteiger partial charge in [-0.1, -0.05) is 0 Å². The van der Waals surface area contributed by atoms with Gasteiger partial charge in [-0.15, -0.1) is 10.2 Å². The predicted molar refractivity (Wildman–Crippen MR) is 69.1 cm³/mol. The van der Waals surface area contributed by atoms with E-state index in [9.17, 15) is 0 Å². The monoisotopic (exact) mass is 262 g/mol. The van der Waals surface area contributed by atoms with Gasteiger partial charge < -0.3 is 14.2 Å². The minimum Gasteiger partial charge on any atom is -0.493 e. The van der Waals surface area contributed by atoms with E-state index in [0.29, 0.717) is 17.2 Å². The lowest BCUT2D eigenvalue weighted by atomic mass is 10.2. The van der Waals surface area contributed by atoms with Crippen LogP contribution in [0.5, 0.6) is 17.2 Å². The van der Waals surface area contributed by atoms with Gasteiger partial charge in [0.1, 0.15) is 12.7 Å². The number of nitrogens with zero attached hydrogens (tertiary/aromatic N) is 4. The minimum atomic E-state index is 0.548. The van der Waals surface area contributed by atoms with Crippen LogP contribution < -0.4 is 14.2 Å². The van der Waals surface area contributed by atoms with Crippen molar-refractivity contribution in [2.75, 3.05) is 21.3 Å². The summed E-state index contributed by atoms with van der Waals surface area (Å²) in [6.45, 7) is 0. The first-order valence-electron chi connectivity index (χ1n) is 5.47. The summed E-state index contributed by atoms with van der Waals surface area (Å²) in [4.78, 5) is 0. The summed E-state index contributed by atoms with van der Waals surface area (Å²) in [6.07, 6.45) is 4.64. The molecule has 0 saturated carbocycles. The van der Waals surface area contributed by atoms with E-state index in [1.807, 2.05) is 0 Å². The van der Waals surface area contributed by atoms with Gasteiger partial charge in [0.2, 0.25) is 5.75 Å². The van der Waals surface area contributed by atoms with Crippen LogP contribution in [0.1, 0.15) is 5.56 Å². The molecular weight excluding hydrogens is 248 g/mol. The molecule has 0 N–H and O–H groups in total. The number of aromatic nitrogens is 3. The molecule has 0 atom stereocenters. The van der Waals surface area contributed by atoms with Gasteiger partial charge in [-0.2, -0.15) is 5.10 Å². The molecule has 0 bridgehead atoms. The number of benzene rings is 1. The van der Waals surface area contributed by atoms with Crippen molar-refractivity contribution in [1.29, 1.82) is 0 Å². The Labute approximate surface area is 110 Å².